The van der Waals surface area contributed by atoms with E-state index in [-0.39, 0.29) is 24.4 Å². The van der Waals surface area contributed by atoms with Gasteiger partial charge < -0.3 is 14.7 Å². The van der Waals surface area contributed by atoms with Crippen LogP contribution in [0.4, 0.5) is 11.5 Å². The summed E-state index contributed by atoms with van der Waals surface area (Å²) >= 11 is 0. The van der Waals surface area contributed by atoms with Gasteiger partial charge in [-0.3, -0.25) is 29.1 Å². The number of fused-ring (bicyclic) bond motifs is 1. The summed E-state index contributed by atoms with van der Waals surface area (Å²) in [6, 6.07) is 5.52. The van der Waals surface area contributed by atoms with Gasteiger partial charge in [-0.1, -0.05) is 0 Å². The van der Waals surface area contributed by atoms with Gasteiger partial charge in [0.2, 0.25) is 0 Å². The van der Waals surface area contributed by atoms with Crippen molar-refractivity contribution < 1.29 is 14.8 Å². The van der Waals surface area contributed by atoms with E-state index in [1.165, 1.54) is 33.5 Å². The van der Waals surface area contributed by atoms with Crippen LogP contribution in [-0.4, -0.2) is 55.2 Å². The van der Waals surface area contributed by atoms with E-state index in [1.807, 2.05) is 0 Å². The number of anilines is 1. The Balaban J connectivity index is 1.58. The molecule has 1 atom stereocenters. The number of aryl methyl sites for hydroxylation is 1. The molecule has 0 saturated carbocycles. The highest BCUT2D eigenvalue weighted by atomic mass is 16.6. The van der Waals surface area contributed by atoms with E-state index in [2.05, 4.69) is 15.0 Å². The number of nitrogens with one attached hydrogen (secondary N) is 1. The number of hydrogen-bond acceptors (Lipinski definition) is 8. The van der Waals surface area contributed by atoms with Crippen LogP contribution in [0.2, 0.25) is 0 Å². The fraction of sp³-hybridized carbons (Fsp3) is 0.450. The minimum atomic E-state index is -1.01. The van der Waals surface area contributed by atoms with Gasteiger partial charge in [-0.25, -0.2) is 4.79 Å². The van der Waals surface area contributed by atoms with E-state index in [1.54, 1.807) is 7.05 Å². The van der Waals surface area contributed by atoms with E-state index in [0.29, 0.717) is 17.1 Å². The van der Waals surface area contributed by atoms with Gasteiger partial charge in [0.1, 0.15) is 24.0 Å². The molecule has 12 heteroatoms. The van der Waals surface area contributed by atoms with Crippen LogP contribution in [0.25, 0.3) is 11.0 Å². The highest BCUT2D eigenvalue weighted by Gasteiger charge is 2.24. The number of benzene rings is 1. The second-order valence-electron chi connectivity index (χ2n) is 7.78. The Morgan fingerprint density at radius 3 is 2.53 bits per heavy atom. The Labute approximate surface area is 181 Å². The standard InChI is InChI=1S/C20H24N6O6/c1-23-16-17(19(28)21-20(23)29)25(22-18(16)24-9-3-2-4-10-24)11-14(27)12-32-15-7-5-13(6-8-15)26(30)31/h5-8,14,27H,2-4,9-12H2,1H3,(H,21,28,29). The summed E-state index contributed by atoms with van der Waals surface area (Å²) in [6.07, 6.45) is 2.10. The van der Waals surface area contributed by atoms with Gasteiger partial charge >= 0.3 is 5.69 Å². The first kappa shape index (κ1) is 21.6. The molecule has 170 valence electrons. The monoisotopic (exact) mass is 444 g/mol. The Hall–Kier alpha value is -3.67. The van der Waals surface area contributed by atoms with Crippen LogP contribution in [0, 0.1) is 10.1 Å². The van der Waals surface area contributed by atoms with Crippen LogP contribution in [0.15, 0.2) is 33.9 Å². The van der Waals surface area contributed by atoms with Crippen LogP contribution in [0.1, 0.15) is 19.3 Å². The van der Waals surface area contributed by atoms with E-state index < -0.39 is 22.3 Å². The minimum Gasteiger partial charge on any atom is -0.491 e. The summed E-state index contributed by atoms with van der Waals surface area (Å²) in [7, 11) is 1.58. The number of non-ortho nitro benzene ring substituents is 1. The fourth-order valence-electron chi connectivity index (χ4n) is 3.87. The summed E-state index contributed by atoms with van der Waals surface area (Å²) < 4.78 is 8.29. The second-order valence-corrected chi connectivity index (χ2v) is 7.78. The number of aromatic nitrogens is 4. The average Bonchev–Trinajstić information content (AvgIpc) is 3.16. The van der Waals surface area contributed by atoms with E-state index >= 15 is 0 Å². The second kappa shape index (κ2) is 8.83. The molecule has 1 aliphatic heterocycles. The molecule has 0 amide bonds. The topological polar surface area (TPSA) is 149 Å². The third kappa shape index (κ3) is 4.21. The maximum Gasteiger partial charge on any atom is 0.328 e. The Morgan fingerprint density at radius 1 is 1.19 bits per heavy atom. The number of rotatable bonds is 7. The Bertz CT molecular complexity index is 1240. The fourth-order valence-corrected chi connectivity index (χ4v) is 3.87. The van der Waals surface area contributed by atoms with Crippen LogP contribution in [0.5, 0.6) is 5.75 Å². The highest BCUT2D eigenvalue weighted by molar-refractivity contribution is 5.86. The van der Waals surface area contributed by atoms with Gasteiger partial charge in [-0.15, -0.1) is 0 Å². The molecule has 1 aromatic carbocycles. The average molecular weight is 444 g/mol. The number of aliphatic hydroxyl groups excluding tert-OH is 1. The van der Waals surface area contributed by atoms with Crippen molar-refractivity contribution in [2.45, 2.75) is 31.9 Å². The molecule has 12 nitrogen and oxygen atoms in total. The molecule has 0 bridgehead atoms. The zero-order valence-corrected chi connectivity index (χ0v) is 17.6. The summed E-state index contributed by atoms with van der Waals surface area (Å²) in [6.45, 7) is 1.41. The molecule has 3 heterocycles. The molecule has 0 radical (unpaired) electrons. The molecular formula is C20H24N6O6. The lowest BCUT2D eigenvalue weighted by molar-refractivity contribution is -0.384. The predicted octanol–water partition coefficient (Wildman–Crippen LogP) is 0.762. The zero-order valence-electron chi connectivity index (χ0n) is 17.6. The van der Waals surface area contributed by atoms with Crippen molar-refractivity contribution in [3.8, 4) is 5.75 Å². The lowest BCUT2D eigenvalue weighted by Crippen LogP contribution is -2.32. The molecule has 3 aromatic rings. The van der Waals surface area contributed by atoms with Crippen molar-refractivity contribution in [1.29, 1.82) is 0 Å². The van der Waals surface area contributed by atoms with Crippen molar-refractivity contribution in [3.63, 3.8) is 0 Å². The number of piperidine rings is 1. The molecule has 1 unspecified atom stereocenters. The molecule has 1 fully saturated rings. The SMILES string of the molecule is Cn1c(=O)[nH]c(=O)c2c1c(N1CCCCC1)nn2CC(O)COc1ccc([N+](=O)[O-])cc1. The summed E-state index contributed by atoms with van der Waals surface area (Å²) in [4.78, 5) is 39.4. The van der Waals surface area contributed by atoms with E-state index in [9.17, 15) is 24.8 Å². The van der Waals surface area contributed by atoms with Crippen molar-refractivity contribution in [2.75, 3.05) is 24.6 Å². The molecule has 0 aliphatic carbocycles. The maximum absolute atomic E-state index is 12.6. The lowest BCUT2D eigenvalue weighted by atomic mass is 10.1. The number of hydrogen-bond donors (Lipinski definition) is 2. The number of aliphatic hydroxyl groups is 1. The van der Waals surface area contributed by atoms with Gasteiger partial charge in [0.25, 0.3) is 11.2 Å². The summed E-state index contributed by atoms with van der Waals surface area (Å²) in [5.74, 6) is 0.920. The van der Waals surface area contributed by atoms with Crippen molar-refractivity contribution in [3.05, 3.63) is 55.2 Å². The van der Waals surface area contributed by atoms with Crippen LogP contribution < -0.4 is 20.9 Å². The first-order chi connectivity index (χ1) is 15.3. The quantitative estimate of drug-likeness (QED) is 0.401. The molecule has 32 heavy (non-hydrogen) atoms. The van der Waals surface area contributed by atoms with Gasteiger partial charge in [-0.2, -0.15) is 5.10 Å². The molecule has 1 aliphatic rings. The number of nitro benzene ring substituents is 1. The van der Waals surface area contributed by atoms with E-state index in [0.717, 1.165) is 32.4 Å². The van der Waals surface area contributed by atoms with Crippen molar-refractivity contribution in [2.24, 2.45) is 7.05 Å². The smallest absolute Gasteiger partial charge is 0.328 e. The lowest BCUT2D eigenvalue weighted by Gasteiger charge is -2.26. The largest absolute Gasteiger partial charge is 0.491 e. The minimum absolute atomic E-state index is 0.0292. The zero-order chi connectivity index (χ0) is 22.8. The predicted molar refractivity (Wildman–Crippen MR) is 116 cm³/mol. The summed E-state index contributed by atoms with van der Waals surface area (Å²) in [5.41, 5.74) is -0.508. The van der Waals surface area contributed by atoms with Gasteiger partial charge in [0.05, 0.1) is 11.5 Å². The highest BCUT2D eigenvalue weighted by Crippen LogP contribution is 2.26. The molecule has 2 N–H and O–H groups in total. The van der Waals surface area contributed by atoms with Gasteiger partial charge in [-0.05, 0) is 31.4 Å². The molecular weight excluding hydrogens is 420 g/mol. The normalized spacial score (nSPS) is 15.1. The van der Waals surface area contributed by atoms with E-state index in [4.69, 9.17) is 4.74 Å². The van der Waals surface area contributed by atoms with Crippen LogP contribution in [-0.2, 0) is 13.6 Å². The number of nitrogens with zero attached hydrogens (tertiary/aromatic N) is 5. The van der Waals surface area contributed by atoms with Crippen molar-refractivity contribution >= 4 is 22.5 Å². The van der Waals surface area contributed by atoms with Crippen LogP contribution >= 0.6 is 0 Å². The van der Waals surface area contributed by atoms with Crippen LogP contribution in [0.3, 0.4) is 0 Å². The number of nitro groups is 1. The molecule has 4 rings (SSSR count). The summed E-state index contributed by atoms with van der Waals surface area (Å²) in [5, 5.41) is 25.8. The molecule has 2 aromatic heterocycles. The molecule has 0 spiro atoms. The number of aromatic amines is 1. The van der Waals surface area contributed by atoms with Crippen molar-refractivity contribution in [1.82, 2.24) is 19.3 Å². The maximum atomic E-state index is 12.6. The third-order valence-corrected chi connectivity index (χ3v) is 5.51. The Kier molecular flexibility index (Phi) is 5.95. The third-order valence-electron chi connectivity index (χ3n) is 5.51. The Morgan fingerprint density at radius 2 is 1.88 bits per heavy atom. The number of H-pyrrole nitrogens is 1. The first-order valence-corrected chi connectivity index (χ1v) is 10.3. The number of ether oxygens (including phenoxy) is 1. The first-order valence-electron chi connectivity index (χ1n) is 10.3. The van der Waals surface area contributed by atoms with Gasteiger partial charge in [0.15, 0.2) is 11.3 Å². The molecule has 1 saturated heterocycles. The van der Waals surface area contributed by atoms with Gasteiger partial charge in [0, 0.05) is 32.3 Å².